The van der Waals surface area contributed by atoms with E-state index in [2.05, 4.69) is 10.3 Å². The Morgan fingerprint density at radius 1 is 1.17 bits per heavy atom. The second-order valence-corrected chi connectivity index (χ2v) is 6.28. The molecule has 2 aromatic rings. The Bertz CT molecular complexity index is 579. The van der Waals surface area contributed by atoms with Crippen LogP contribution in [-0.4, -0.2) is 4.98 Å². The van der Waals surface area contributed by atoms with Gasteiger partial charge in [0.05, 0.1) is 28.0 Å². The van der Waals surface area contributed by atoms with Crippen molar-refractivity contribution in [1.82, 2.24) is 4.98 Å². The van der Waals surface area contributed by atoms with Gasteiger partial charge in [0.25, 0.3) is 0 Å². The molecule has 96 valence electrons. The third-order valence-corrected chi connectivity index (χ3v) is 4.48. The second kappa shape index (κ2) is 5.47. The predicted octanol–water partition coefficient (Wildman–Crippen LogP) is 4.99. The van der Waals surface area contributed by atoms with Gasteiger partial charge in [-0.05, 0) is 38.5 Å². The number of halogens is 2. The van der Waals surface area contributed by atoms with Crippen molar-refractivity contribution in [3.8, 4) is 0 Å². The van der Waals surface area contributed by atoms with E-state index in [1.165, 1.54) is 4.88 Å². The Hall–Kier alpha value is -0.770. The van der Waals surface area contributed by atoms with E-state index in [1.54, 1.807) is 11.3 Å². The number of benzene rings is 1. The normalized spacial score (nSPS) is 10.7. The molecule has 18 heavy (non-hydrogen) atoms. The first-order valence-corrected chi connectivity index (χ1v) is 7.17. The summed E-state index contributed by atoms with van der Waals surface area (Å²) in [6, 6.07) is 3.74. The molecule has 0 spiro atoms. The fourth-order valence-electron chi connectivity index (χ4n) is 1.69. The standard InChI is InChI=1S/C13H14Cl2N2S/c1-7-4-11(15)12(5-10(7)14)16-6-13-8(2)17-9(3)18-13/h4-5,16H,6H2,1-3H3. The number of anilines is 1. The van der Waals surface area contributed by atoms with Crippen molar-refractivity contribution in [2.75, 3.05) is 5.32 Å². The molecule has 2 rings (SSSR count). The van der Waals surface area contributed by atoms with Crippen molar-refractivity contribution >= 4 is 40.2 Å². The first-order valence-electron chi connectivity index (χ1n) is 5.60. The number of aryl methyl sites for hydroxylation is 3. The molecule has 0 amide bonds. The van der Waals surface area contributed by atoms with Crippen molar-refractivity contribution in [3.05, 3.63) is 43.3 Å². The van der Waals surface area contributed by atoms with Gasteiger partial charge in [-0.15, -0.1) is 11.3 Å². The van der Waals surface area contributed by atoms with Crippen LogP contribution in [0.15, 0.2) is 12.1 Å². The highest BCUT2D eigenvalue weighted by Gasteiger charge is 2.07. The largest absolute Gasteiger partial charge is 0.379 e. The van der Waals surface area contributed by atoms with Gasteiger partial charge in [0.2, 0.25) is 0 Å². The summed E-state index contributed by atoms with van der Waals surface area (Å²) < 4.78 is 0. The van der Waals surface area contributed by atoms with Gasteiger partial charge >= 0.3 is 0 Å². The molecule has 0 fully saturated rings. The van der Waals surface area contributed by atoms with Crippen molar-refractivity contribution in [3.63, 3.8) is 0 Å². The lowest BCUT2D eigenvalue weighted by Crippen LogP contribution is -2.00. The van der Waals surface area contributed by atoms with E-state index >= 15 is 0 Å². The fraction of sp³-hybridized carbons (Fsp3) is 0.308. The number of thiazole rings is 1. The zero-order valence-corrected chi connectivity index (χ0v) is 12.8. The molecule has 0 unspecified atom stereocenters. The Morgan fingerprint density at radius 2 is 1.89 bits per heavy atom. The van der Waals surface area contributed by atoms with Crippen LogP contribution in [0.1, 0.15) is 21.1 Å². The average Bonchev–Trinajstić information content (AvgIpc) is 2.61. The van der Waals surface area contributed by atoms with E-state index in [1.807, 2.05) is 32.9 Å². The number of nitrogens with one attached hydrogen (secondary N) is 1. The first kappa shape index (κ1) is 13.7. The van der Waals surface area contributed by atoms with E-state index < -0.39 is 0 Å². The quantitative estimate of drug-likeness (QED) is 0.864. The molecule has 5 heteroatoms. The SMILES string of the molecule is Cc1nc(C)c(CNc2cc(Cl)c(C)cc2Cl)s1. The zero-order valence-electron chi connectivity index (χ0n) is 10.5. The molecule has 0 saturated carbocycles. The monoisotopic (exact) mass is 300 g/mol. The number of nitrogens with zero attached hydrogens (tertiary/aromatic N) is 1. The van der Waals surface area contributed by atoms with Gasteiger partial charge in [-0.2, -0.15) is 0 Å². The third kappa shape index (κ3) is 2.97. The predicted molar refractivity (Wildman–Crippen MR) is 80.1 cm³/mol. The van der Waals surface area contributed by atoms with E-state index in [9.17, 15) is 0 Å². The molecule has 0 radical (unpaired) electrons. The molecule has 1 aromatic heterocycles. The number of hydrogen-bond acceptors (Lipinski definition) is 3. The van der Waals surface area contributed by atoms with Crippen LogP contribution < -0.4 is 5.32 Å². The maximum atomic E-state index is 6.18. The van der Waals surface area contributed by atoms with Crippen LogP contribution in [0.4, 0.5) is 5.69 Å². The van der Waals surface area contributed by atoms with E-state index in [4.69, 9.17) is 23.2 Å². The van der Waals surface area contributed by atoms with Gasteiger partial charge in [-0.25, -0.2) is 4.98 Å². The highest BCUT2D eigenvalue weighted by atomic mass is 35.5. The molecule has 1 aromatic carbocycles. The van der Waals surface area contributed by atoms with Gasteiger partial charge in [0.15, 0.2) is 0 Å². The van der Waals surface area contributed by atoms with Crippen LogP contribution in [-0.2, 0) is 6.54 Å². The van der Waals surface area contributed by atoms with Crippen molar-refractivity contribution < 1.29 is 0 Å². The lowest BCUT2D eigenvalue weighted by molar-refractivity contribution is 1.11. The van der Waals surface area contributed by atoms with Crippen molar-refractivity contribution in [1.29, 1.82) is 0 Å². The molecule has 2 nitrogen and oxygen atoms in total. The Morgan fingerprint density at radius 3 is 2.50 bits per heavy atom. The summed E-state index contributed by atoms with van der Waals surface area (Å²) in [7, 11) is 0. The molecule has 0 aliphatic heterocycles. The molecule has 0 bridgehead atoms. The van der Waals surface area contributed by atoms with Crippen molar-refractivity contribution in [2.24, 2.45) is 0 Å². The summed E-state index contributed by atoms with van der Waals surface area (Å²) in [5, 5.41) is 5.80. The minimum atomic E-state index is 0.691. The molecule has 0 aliphatic rings. The minimum Gasteiger partial charge on any atom is -0.379 e. The molecule has 0 saturated heterocycles. The summed E-state index contributed by atoms with van der Waals surface area (Å²) in [4.78, 5) is 5.62. The van der Waals surface area contributed by atoms with E-state index in [0.717, 1.165) is 33.5 Å². The topological polar surface area (TPSA) is 24.9 Å². The number of hydrogen-bond donors (Lipinski definition) is 1. The van der Waals surface area contributed by atoms with Gasteiger partial charge in [-0.1, -0.05) is 23.2 Å². The highest BCUT2D eigenvalue weighted by molar-refractivity contribution is 7.11. The summed E-state index contributed by atoms with van der Waals surface area (Å²) in [6.07, 6.45) is 0. The second-order valence-electron chi connectivity index (χ2n) is 4.18. The lowest BCUT2D eigenvalue weighted by atomic mass is 10.2. The first-order chi connectivity index (χ1) is 8.47. The average molecular weight is 301 g/mol. The zero-order chi connectivity index (χ0) is 13.3. The van der Waals surface area contributed by atoms with Crippen LogP contribution in [0.3, 0.4) is 0 Å². The molecular formula is C13H14Cl2N2S. The van der Waals surface area contributed by atoms with E-state index in [0.29, 0.717) is 5.02 Å². The fourth-order valence-corrected chi connectivity index (χ4v) is 3.02. The summed E-state index contributed by atoms with van der Waals surface area (Å²) >= 11 is 14.0. The lowest BCUT2D eigenvalue weighted by Gasteiger charge is -2.09. The maximum absolute atomic E-state index is 6.18. The Balaban J connectivity index is 2.15. The van der Waals surface area contributed by atoms with Gasteiger partial charge in [0, 0.05) is 9.90 Å². The maximum Gasteiger partial charge on any atom is 0.0900 e. The molecule has 0 aliphatic carbocycles. The molecule has 0 atom stereocenters. The summed E-state index contributed by atoms with van der Waals surface area (Å²) in [5.74, 6) is 0. The summed E-state index contributed by atoms with van der Waals surface area (Å²) in [5.41, 5.74) is 2.91. The Labute approximate surface area is 121 Å². The van der Waals surface area contributed by atoms with Gasteiger partial charge in [-0.3, -0.25) is 0 Å². The smallest absolute Gasteiger partial charge is 0.0900 e. The number of rotatable bonds is 3. The van der Waals surface area contributed by atoms with Gasteiger partial charge in [0.1, 0.15) is 0 Å². The van der Waals surface area contributed by atoms with Crippen LogP contribution in [0.5, 0.6) is 0 Å². The summed E-state index contributed by atoms with van der Waals surface area (Å²) in [6.45, 7) is 6.69. The highest BCUT2D eigenvalue weighted by Crippen LogP contribution is 2.29. The van der Waals surface area contributed by atoms with Crippen LogP contribution in [0.25, 0.3) is 0 Å². The Kier molecular flexibility index (Phi) is 4.15. The molecular weight excluding hydrogens is 287 g/mol. The number of aromatic nitrogens is 1. The molecule has 1 N–H and O–H groups in total. The van der Waals surface area contributed by atoms with Crippen LogP contribution in [0.2, 0.25) is 10.0 Å². The van der Waals surface area contributed by atoms with Crippen molar-refractivity contribution in [2.45, 2.75) is 27.3 Å². The third-order valence-electron chi connectivity index (χ3n) is 2.69. The molecule has 1 heterocycles. The van der Waals surface area contributed by atoms with E-state index in [-0.39, 0.29) is 0 Å². The van der Waals surface area contributed by atoms with Gasteiger partial charge < -0.3 is 5.32 Å². The minimum absolute atomic E-state index is 0.691. The van der Waals surface area contributed by atoms with Crippen LogP contribution >= 0.6 is 34.5 Å². The van der Waals surface area contributed by atoms with Crippen LogP contribution in [0, 0.1) is 20.8 Å².